The Kier molecular flexibility index (Phi) is 2.89. The van der Waals surface area contributed by atoms with Gasteiger partial charge in [-0.05, 0) is 103 Å². The van der Waals surface area contributed by atoms with Gasteiger partial charge in [0.05, 0.1) is 0 Å². The molecule has 0 saturated heterocycles. The summed E-state index contributed by atoms with van der Waals surface area (Å²) in [5.41, 5.74) is 1.89. The lowest BCUT2D eigenvalue weighted by atomic mass is 9.44. The van der Waals surface area contributed by atoms with Gasteiger partial charge in [0, 0.05) is 6.42 Å². The molecule has 0 heterocycles. The van der Waals surface area contributed by atoms with Crippen molar-refractivity contribution in [1.82, 2.24) is 0 Å². The lowest BCUT2D eigenvalue weighted by Gasteiger charge is -2.60. The Balaban J connectivity index is 1.50. The Labute approximate surface area is 142 Å². The van der Waals surface area contributed by atoms with Crippen molar-refractivity contribution in [3.05, 3.63) is 0 Å². The van der Waals surface area contributed by atoms with Crippen LogP contribution >= 0.6 is 0 Å². The standard InChI is InChI=1S/C22H34O/c1-14-12-17-18-5-4-15(8-11-23)20(18,2)9-7-19(17)21(3)10-6-16-13-22(14,16)21/h11,14-19H,4-10,12-13H2,1-3H3/t14?,15?,16?,17?,18?,19?,20?,21?,22-/m1/s1. The van der Waals surface area contributed by atoms with Gasteiger partial charge in [-0.1, -0.05) is 20.8 Å². The largest absolute Gasteiger partial charge is 0.303 e. The highest BCUT2D eigenvalue weighted by Gasteiger charge is 2.75. The first-order valence-corrected chi connectivity index (χ1v) is 10.4. The fraction of sp³-hybridized carbons (Fsp3) is 0.955. The van der Waals surface area contributed by atoms with Gasteiger partial charge < -0.3 is 4.79 Å². The van der Waals surface area contributed by atoms with E-state index in [1.54, 1.807) is 6.42 Å². The van der Waals surface area contributed by atoms with Gasteiger partial charge in [0.1, 0.15) is 6.29 Å². The molecule has 1 heteroatoms. The highest BCUT2D eigenvalue weighted by atomic mass is 16.1. The molecule has 5 fully saturated rings. The Morgan fingerprint density at radius 3 is 2.61 bits per heavy atom. The molecule has 8 unspecified atom stereocenters. The topological polar surface area (TPSA) is 17.1 Å². The molecule has 0 amide bonds. The van der Waals surface area contributed by atoms with E-state index in [-0.39, 0.29) is 0 Å². The molecule has 128 valence electrons. The van der Waals surface area contributed by atoms with E-state index in [9.17, 15) is 4.79 Å². The van der Waals surface area contributed by atoms with Crippen LogP contribution in [0.25, 0.3) is 0 Å². The molecule has 1 spiro atoms. The minimum Gasteiger partial charge on any atom is -0.303 e. The summed E-state index contributed by atoms with van der Waals surface area (Å²) in [6.45, 7) is 7.86. The summed E-state index contributed by atoms with van der Waals surface area (Å²) < 4.78 is 0. The number of fused-ring (bicyclic) bond motifs is 4. The molecule has 0 radical (unpaired) electrons. The summed E-state index contributed by atoms with van der Waals surface area (Å²) in [4.78, 5) is 11.2. The molecule has 5 rings (SSSR count). The second-order valence-corrected chi connectivity index (χ2v) is 10.6. The van der Waals surface area contributed by atoms with E-state index in [1.807, 2.05) is 0 Å². The fourth-order valence-corrected chi connectivity index (χ4v) is 9.45. The maximum Gasteiger partial charge on any atom is 0.120 e. The molecule has 5 saturated carbocycles. The van der Waals surface area contributed by atoms with E-state index >= 15 is 0 Å². The first-order chi connectivity index (χ1) is 11.0. The number of carbonyl (C=O) groups is 1. The Bertz CT molecular complexity index is 540. The van der Waals surface area contributed by atoms with Gasteiger partial charge >= 0.3 is 0 Å². The van der Waals surface area contributed by atoms with Crippen molar-refractivity contribution < 1.29 is 4.79 Å². The Morgan fingerprint density at radius 2 is 1.87 bits per heavy atom. The highest BCUT2D eigenvalue weighted by Crippen LogP contribution is 2.83. The van der Waals surface area contributed by atoms with Gasteiger partial charge in [-0.25, -0.2) is 0 Å². The van der Waals surface area contributed by atoms with Crippen LogP contribution in [0.3, 0.4) is 0 Å². The van der Waals surface area contributed by atoms with Crippen LogP contribution in [0.5, 0.6) is 0 Å². The summed E-state index contributed by atoms with van der Waals surface area (Å²) in [5.74, 6) is 5.61. The molecule has 23 heavy (non-hydrogen) atoms. The third kappa shape index (κ3) is 1.54. The normalized spacial score (nSPS) is 62.9. The first kappa shape index (κ1) is 15.0. The number of rotatable bonds is 2. The van der Waals surface area contributed by atoms with Crippen molar-refractivity contribution in [2.45, 2.75) is 78.6 Å². The minimum absolute atomic E-state index is 0.476. The van der Waals surface area contributed by atoms with Crippen LogP contribution in [0, 0.1) is 51.8 Å². The van der Waals surface area contributed by atoms with Gasteiger partial charge in [0.15, 0.2) is 0 Å². The zero-order valence-electron chi connectivity index (χ0n) is 15.3. The monoisotopic (exact) mass is 314 g/mol. The van der Waals surface area contributed by atoms with E-state index in [0.717, 1.165) is 41.4 Å². The van der Waals surface area contributed by atoms with Gasteiger partial charge in [-0.2, -0.15) is 0 Å². The van der Waals surface area contributed by atoms with Gasteiger partial charge in [-0.3, -0.25) is 0 Å². The number of hydrogen-bond acceptors (Lipinski definition) is 1. The average Bonchev–Trinajstić information content (AvgIpc) is 3.07. The number of hydrogen-bond donors (Lipinski definition) is 0. The van der Waals surface area contributed by atoms with E-state index in [0.29, 0.717) is 16.7 Å². The van der Waals surface area contributed by atoms with E-state index in [4.69, 9.17) is 0 Å². The molecule has 0 bridgehead atoms. The highest BCUT2D eigenvalue weighted by molar-refractivity contribution is 5.50. The van der Waals surface area contributed by atoms with Crippen LogP contribution < -0.4 is 0 Å². The lowest BCUT2D eigenvalue weighted by Crippen LogP contribution is -2.54. The molecule has 0 aliphatic heterocycles. The SMILES string of the molecule is CC1CC2C3CCC(CC=O)C3(C)CCC2C2(C)CCC3C[C@@]132. The molecule has 0 aromatic carbocycles. The number of aldehydes is 1. The predicted octanol–water partition coefficient (Wildman–Crippen LogP) is 5.48. The fourth-order valence-electron chi connectivity index (χ4n) is 9.45. The molecule has 0 aromatic rings. The van der Waals surface area contributed by atoms with Crippen LogP contribution in [0.2, 0.25) is 0 Å². The Morgan fingerprint density at radius 1 is 1.04 bits per heavy atom. The predicted molar refractivity (Wildman–Crippen MR) is 92.9 cm³/mol. The van der Waals surface area contributed by atoms with E-state index in [2.05, 4.69) is 20.8 Å². The molecular weight excluding hydrogens is 280 g/mol. The van der Waals surface area contributed by atoms with Crippen molar-refractivity contribution in [3.8, 4) is 0 Å². The van der Waals surface area contributed by atoms with Gasteiger partial charge in [0.25, 0.3) is 0 Å². The maximum absolute atomic E-state index is 11.2. The third-order valence-electron chi connectivity index (χ3n) is 10.6. The van der Waals surface area contributed by atoms with Crippen molar-refractivity contribution in [1.29, 1.82) is 0 Å². The van der Waals surface area contributed by atoms with Crippen molar-refractivity contribution in [3.63, 3.8) is 0 Å². The Hall–Kier alpha value is -0.330. The van der Waals surface area contributed by atoms with Crippen LogP contribution in [0.15, 0.2) is 0 Å². The molecule has 0 aromatic heterocycles. The summed E-state index contributed by atoms with van der Waals surface area (Å²) in [6.07, 6.45) is 13.7. The zero-order chi connectivity index (χ0) is 16.0. The number of carbonyl (C=O) groups excluding carboxylic acids is 1. The van der Waals surface area contributed by atoms with Crippen LogP contribution in [0.1, 0.15) is 78.6 Å². The average molecular weight is 315 g/mol. The zero-order valence-corrected chi connectivity index (χ0v) is 15.3. The minimum atomic E-state index is 0.476. The van der Waals surface area contributed by atoms with Crippen LogP contribution in [-0.2, 0) is 4.79 Å². The smallest absolute Gasteiger partial charge is 0.120 e. The summed E-state index contributed by atoms with van der Waals surface area (Å²) in [6, 6.07) is 0. The maximum atomic E-state index is 11.2. The molecule has 0 N–H and O–H groups in total. The summed E-state index contributed by atoms with van der Waals surface area (Å²) in [7, 11) is 0. The molecule has 5 aliphatic rings. The van der Waals surface area contributed by atoms with Crippen molar-refractivity contribution in [2.75, 3.05) is 0 Å². The lowest BCUT2D eigenvalue weighted by molar-refractivity contribution is -0.125. The molecule has 1 nitrogen and oxygen atoms in total. The third-order valence-corrected chi connectivity index (χ3v) is 10.6. The van der Waals surface area contributed by atoms with Crippen molar-refractivity contribution >= 4 is 6.29 Å². The second-order valence-electron chi connectivity index (χ2n) is 10.6. The van der Waals surface area contributed by atoms with Crippen LogP contribution in [-0.4, -0.2) is 6.29 Å². The van der Waals surface area contributed by atoms with Crippen molar-refractivity contribution in [2.24, 2.45) is 51.8 Å². The van der Waals surface area contributed by atoms with E-state index < -0.39 is 0 Å². The summed E-state index contributed by atoms with van der Waals surface area (Å²) >= 11 is 0. The van der Waals surface area contributed by atoms with Gasteiger partial charge in [-0.15, -0.1) is 0 Å². The molecule has 5 aliphatic carbocycles. The molecular formula is C22H34O. The van der Waals surface area contributed by atoms with Crippen LogP contribution in [0.4, 0.5) is 0 Å². The second kappa shape index (κ2) is 4.44. The first-order valence-electron chi connectivity index (χ1n) is 10.4. The van der Waals surface area contributed by atoms with Gasteiger partial charge in [0.2, 0.25) is 0 Å². The van der Waals surface area contributed by atoms with E-state index in [1.165, 1.54) is 51.2 Å². The molecule has 9 atom stereocenters. The summed E-state index contributed by atoms with van der Waals surface area (Å²) in [5, 5.41) is 0. The quantitative estimate of drug-likeness (QED) is 0.617.